The zero-order valence-electron chi connectivity index (χ0n) is 14.4. The average molecular weight is 399 g/mol. The molecule has 2 rings (SSSR count). The normalized spacial score (nSPS) is 12.3. The molecule has 0 radical (unpaired) electrons. The van der Waals surface area contributed by atoms with Crippen LogP contribution in [0.4, 0.5) is 13.2 Å². The molecule has 0 heterocycles. The Morgan fingerprint density at radius 2 is 1.78 bits per heavy atom. The van der Waals surface area contributed by atoms with Gasteiger partial charge >= 0.3 is 6.18 Å². The van der Waals surface area contributed by atoms with Crippen molar-refractivity contribution >= 4 is 23.4 Å². The lowest BCUT2D eigenvalue weighted by atomic mass is 10.0. The Bertz CT molecular complexity index is 807. The Kier molecular flexibility index (Phi) is 6.85. The van der Waals surface area contributed by atoms with E-state index in [9.17, 15) is 22.8 Å². The molecule has 0 aliphatic rings. The number of hydrogen-bond acceptors (Lipinski definition) is 2. The molecule has 27 heavy (non-hydrogen) atoms. The predicted molar refractivity (Wildman–Crippen MR) is 95.9 cm³/mol. The minimum Gasteiger partial charge on any atom is -0.352 e. The summed E-state index contributed by atoms with van der Waals surface area (Å²) in [5.74, 6) is -0.707. The average Bonchev–Trinajstić information content (AvgIpc) is 2.59. The summed E-state index contributed by atoms with van der Waals surface area (Å²) < 4.78 is 38.2. The highest BCUT2D eigenvalue weighted by molar-refractivity contribution is 6.30. The van der Waals surface area contributed by atoms with Crippen LogP contribution in [0.1, 0.15) is 36.1 Å². The number of alkyl halides is 3. The van der Waals surface area contributed by atoms with Crippen molar-refractivity contribution in [2.75, 3.05) is 0 Å². The molecular formula is C19H18ClF3N2O2. The van der Waals surface area contributed by atoms with E-state index in [0.717, 1.165) is 12.1 Å². The van der Waals surface area contributed by atoms with E-state index in [-0.39, 0.29) is 18.9 Å². The molecule has 0 aliphatic heterocycles. The van der Waals surface area contributed by atoms with Gasteiger partial charge in [0.1, 0.15) is 0 Å². The molecule has 0 aliphatic carbocycles. The third kappa shape index (κ3) is 6.60. The van der Waals surface area contributed by atoms with Gasteiger partial charge in [0.2, 0.25) is 11.8 Å². The van der Waals surface area contributed by atoms with Gasteiger partial charge < -0.3 is 10.6 Å². The van der Waals surface area contributed by atoms with Gasteiger partial charge in [0.15, 0.2) is 0 Å². The van der Waals surface area contributed by atoms with Crippen molar-refractivity contribution in [3.8, 4) is 0 Å². The van der Waals surface area contributed by atoms with Gasteiger partial charge in [0, 0.05) is 18.5 Å². The number of carbonyl (C=O) groups excluding carboxylic acids is 2. The van der Waals surface area contributed by atoms with Crippen LogP contribution in [0.2, 0.25) is 5.02 Å². The molecule has 2 N–H and O–H groups in total. The van der Waals surface area contributed by atoms with E-state index in [1.807, 2.05) is 0 Å². The van der Waals surface area contributed by atoms with Gasteiger partial charge in [0.05, 0.1) is 18.0 Å². The lowest BCUT2D eigenvalue weighted by Gasteiger charge is -2.18. The fourth-order valence-corrected chi connectivity index (χ4v) is 2.63. The van der Waals surface area contributed by atoms with Crippen molar-refractivity contribution in [3.63, 3.8) is 0 Å². The van der Waals surface area contributed by atoms with Gasteiger partial charge in [0.25, 0.3) is 0 Å². The van der Waals surface area contributed by atoms with Gasteiger partial charge in [-0.2, -0.15) is 13.2 Å². The Morgan fingerprint density at radius 3 is 2.37 bits per heavy atom. The molecule has 1 atom stereocenters. The Balaban J connectivity index is 2.01. The fraction of sp³-hybridized carbons (Fsp3) is 0.263. The van der Waals surface area contributed by atoms with E-state index in [1.54, 1.807) is 24.3 Å². The lowest BCUT2D eigenvalue weighted by molar-refractivity contribution is -0.137. The third-order valence-electron chi connectivity index (χ3n) is 3.78. The number of halogens is 4. The first-order valence-electron chi connectivity index (χ1n) is 8.10. The summed E-state index contributed by atoms with van der Waals surface area (Å²) in [4.78, 5) is 23.6. The maximum atomic E-state index is 12.7. The van der Waals surface area contributed by atoms with Gasteiger partial charge in [-0.05, 0) is 35.4 Å². The summed E-state index contributed by atoms with van der Waals surface area (Å²) in [6.07, 6.45) is -4.49. The third-order valence-corrected chi connectivity index (χ3v) is 4.04. The highest BCUT2D eigenvalue weighted by Crippen LogP contribution is 2.29. The number of hydrogen-bond donors (Lipinski definition) is 2. The van der Waals surface area contributed by atoms with E-state index < -0.39 is 23.7 Å². The molecule has 4 nitrogen and oxygen atoms in total. The molecule has 2 aromatic carbocycles. The standard InChI is InChI=1S/C19H18ClF3N2O2/c1-12(26)25-17(14-5-7-16(20)8-6-14)10-18(27)24-11-13-3-2-4-15(9-13)19(21,22)23/h2-9,17H,10-11H2,1H3,(H,24,27)(H,25,26). The van der Waals surface area contributed by atoms with Gasteiger partial charge in [-0.25, -0.2) is 0 Å². The molecule has 0 saturated heterocycles. The zero-order chi connectivity index (χ0) is 20.0. The maximum Gasteiger partial charge on any atom is 0.416 e. The van der Waals surface area contributed by atoms with Crippen molar-refractivity contribution in [2.45, 2.75) is 32.1 Å². The van der Waals surface area contributed by atoms with E-state index in [2.05, 4.69) is 10.6 Å². The largest absolute Gasteiger partial charge is 0.416 e. The topological polar surface area (TPSA) is 58.2 Å². The van der Waals surface area contributed by atoms with Crippen LogP contribution in [0.15, 0.2) is 48.5 Å². The number of carbonyl (C=O) groups is 2. The van der Waals surface area contributed by atoms with Crippen LogP contribution in [0.25, 0.3) is 0 Å². The Labute approximate surface area is 159 Å². The smallest absolute Gasteiger partial charge is 0.352 e. The lowest BCUT2D eigenvalue weighted by Crippen LogP contribution is -2.32. The summed E-state index contributed by atoms with van der Waals surface area (Å²) in [5.41, 5.74) is 0.260. The minimum absolute atomic E-state index is 0.0455. The molecule has 0 spiro atoms. The van der Waals surface area contributed by atoms with Crippen LogP contribution < -0.4 is 10.6 Å². The second-order valence-electron chi connectivity index (χ2n) is 5.98. The summed E-state index contributed by atoms with van der Waals surface area (Å²) in [6.45, 7) is 1.29. The highest BCUT2D eigenvalue weighted by atomic mass is 35.5. The van der Waals surface area contributed by atoms with E-state index in [0.29, 0.717) is 16.1 Å². The van der Waals surface area contributed by atoms with E-state index >= 15 is 0 Å². The second kappa shape index (κ2) is 8.90. The van der Waals surface area contributed by atoms with Gasteiger partial charge in [-0.3, -0.25) is 9.59 Å². The van der Waals surface area contributed by atoms with Crippen LogP contribution >= 0.6 is 11.6 Å². The highest BCUT2D eigenvalue weighted by Gasteiger charge is 2.30. The molecule has 0 bridgehead atoms. The van der Waals surface area contributed by atoms with E-state index in [1.165, 1.54) is 19.1 Å². The van der Waals surface area contributed by atoms with Crippen LogP contribution in [0.5, 0.6) is 0 Å². The van der Waals surface area contributed by atoms with Crippen molar-refractivity contribution in [3.05, 3.63) is 70.2 Å². The molecule has 0 fully saturated rings. The van der Waals surface area contributed by atoms with Crippen molar-refractivity contribution < 1.29 is 22.8 Å². The SMILES string of the molecule is CC(=O)NC(CC(=O)NCc1cccc(C(F)(F)F)c1)c1ccc(Cl)cc1. The molecule has 8 heteroatoms. The fourth-order valence-electron chi connectivity index (χ4n) is 2.51. The monoisotopic (exact) mass is 398 g/mol. The summed E-state index contributed by atoms with van der Waals surface area (Å²) in [5, 5.41) is 5.78. The first-order valence-corrected chi connectivity index (χ1v) is 8.48. The number of rotatable bonds is 6. The quantitative estimate of drug-likeness (QED) is 0.764. The Hall–Kier alpha value is -2.54. The molecule has 2 amide bonds. The van der Waals surface area contributed by atoms with Crippen molar-refractivity contribution in [2.24, 2.45) is 0 Å². The molecule has 1 unspecified atom stereocenters. The van der Waals surface area contributed by atoms with Crippen LogP contribution in [-0.2, 0) is 22.3 Å². The first-order chi connectivity index (χ1) is 12.6. The number of benzene rings is 2. The van der Waals surface area contributed by atoms with Crippen LogP contribution in [0, 0.1) is 0 Å². The van der Waals surface area contributed by atoms with Crippen LogP contribution in [0.3, 0.4) is 0 Å². The zero-order valence-corrected chi connectivity index (χ0v) is 15.2. The summed E-state index contributed by atoms with van der Waals surface area (Å²) in [6, 6.07) is 10.9. The molecule has 144 valence electrons. The first kappa shape index (κ1) is 20.8. The molecular weight excluding hydrogens is 381 g/mol. The van der Waals surface area contributed by atoms with Crippen LogP contribution in [-0.4, -0.2) is 11.8 Å². The second-order valence-corrected chi connectivity index (χ2v) is 6.42. The molecule has 0 saturated carbocycles. The maximum absolute atomic E-state index is 12.7. The van der Waals surface area contributed by atoms with Gasteiger partial charge in [-0.15, -0.1) is 0 Å². The van der Waals surface area contributed by atoms with Crippen molar-refractivity contribution in [1.29, 1.82) is 0 Å². The Morgan fingerprint density at radius 1 is 1.11 bits per heavy atom. The summed E-state index contributed by atoms with van der Waals surface area (Å²) >= 11 is 5.84. The number of amides is 2. The number of nitrogens with one attached hydrogen (secondary N) is 2. The van der Waals surface area contributed by atoms with Crippen molar-refractivity contribution in [1.82, 2.24) is 10.6 Å². The van der Waals surface area contributed by atoms with E-state index in [4.69, 9.17) is 11.6 Å². The van der Waals surface area contributed by atoms with Gasteiger partial charge in [-0.1, -0.05) is 35.9 Å². The summed E-state index contributed by atoms with van der Waals surface area (Å²) in [7, 11) is 0. The minimum atomic E-state index is -4.44. The predicted octanol–water partition coefficient (Wildman–Crippen LogP) is 4.24. The molecule has 0 aromatic heterocycles. The molecule has 2 aromatic rings.